The molecule has 17 heteroatoms. The Morgan fingerprint density at radius 2 is 1.78 bits per heavy atom. The number of carbonyl (C=O) groups is 5. The highest BCUT2D eigenvalue weighted by molar-refractivity contribution is 5.96. The number of aromatic hydroxyl groups is 1. The average Bonchev–Trinajstić information content (AvgIpc) is 4.28. The number of esters is 1. The number of nitrogens with zero attached hydrogens (tertiary/aromatic N) is 5. The molecule has 6 atom stereocenters. The number of aromatic nitrogens is 2. The number of methoxy groups -OCH3 is 2. The smallest absolute Gasteiger partial charge is 0.324 e. The van der Waals surface area contributed by atoms with Gasteiger partial charge in [-0.1, -0.05) is 38.8 Å². The maximum Gasteiger partial charge on any atom is 0.324 e. The van der Waals surface area contributed by atoms with E-state index in [0.717, 1.165) is 70.2 Å². The zero-order valence-corrected chi connectivity index (χ0v) is 43.1. The van der Waals surface area contributed by atoms with Crippen LogP contribution < -0.4 is 16.1 Å². The second-order valence-corrected chi connectivity index (χ2v) is 21.6. The van der Waals surface area contributed by atoms with Gasteiger partial charge in [0.05, 0.1) is 42.3 Å². The first-order valence-electron chi connectivity index (χ1n) is 25.8. The van der Waals surface area contributed by atoms with Crippen molar-refractivity contribution in [1.82, 2.24) is 40.4 Å². The van der Waals surface area contributed by atoms with Crippen molar-refractivity contribution in [1.29, 1.82) is 0 Å². The van der Waals surface area contributed by atoms with E-state index in [2.05, 4.69) is 59.6 Å². The zero-order chi connectivity index (χ0) is 51.2. The molecule has 2 aliphatic carbocycles. The monoisotopic (exact) mass is 989 g/mol. The minimum atomic E-state index is -1.17. The Morgan fingerprint density at radius 3 is 2.49 bits per heavy atom. The van der Waals surface area contributed by atoms with Gasteiger partial charge in [0.15, 0.2) is 0 Å². The second-order valence-electron chi connectivity index (χ2n) is 21.6. The molecular formula is C55H72N8O9. The third-order valence-corrected chi connectivity index (χ3v) is 15.9. The van der Waals surface area contributed by atoms with E-state index < -0.39 is 53.3 Å². The Hall–Kier alpha value is -5.88. The van der Waals surface area contributed by atoms with Gasteiger partial charge in [-0.15, -0.1) is 0 Å². The standard InChI is InChI=1S/C55H72N8O9/c1-9-62-43-19-18-35-28-39(43)40(48(62)38-16-12-22-56-45(38)32(2)70-7)29-54(3,4)31-72-53(69)41-17-13-23-63(59-41)51(67)42(26-33-24-36(35)27-37(64)25-33)57-50(66)47(34-14-10-11-15-34)61(6)44(65)30-60(5)52(68)46-49(58-46)55(71-8)20-21-55/h12,16,18-19,22,24-25,27-28,32,34,41-42,46-47,49,58-59,64H,9-11,13-15,17,20-21,23,26,29-31H2,1-8H3,(H,57,66)/t32-,41-,42-,46+,47-,49-/m0/s1. The molecule has 6 bridgehead atoms. The summed E-state index contributed by atoms with van der Waals surface area (Å²) in [5, 5.41) is 20.2. The number of aryl methyl sites for hydroxylation is 1. The third kappa shape index (κ3) is 10.2. The number of phenolic OH excluding ortho intramolecular Hbond substituents is 1. The van der Waals surface area contributed by atoms with Crippen LogP contribution in [0.25, 0.3) is 33.3 Å². The first-order chi connectivity index (χ1) is 34.5. The lowest BCUT2D eigenvalue weighted by atomic mass is 9.84. The number of carbonyl (C=O) groups excluding carboxylic acids is 5. The van der Waals surface area contributed by atoms with Crippen LogP contribution in [0.5, 0.6) is 5.75 Å². The van der Waals surface area contributed by atoms with Crippen LogP contribution in [-0.2, 0) is 57.6 Å². The summed E-state index contributed by atoms with van der Waals surface area (Å²) in [7, 11) is 6.52. The Morgan fingerprint density at radius 1 is 1.01 bits per heavy atom. The minimum Gasteiger partial charge on any atom is -0.508 e. The van der Waals surface area contributed by atoms with Crippen molar-refractivity contribution in [3.8, 4) is 28.1 Å². The molecule has 9 rings (SSSR count). The summed E-state index contributed by atoms with van der Waals surface area (Å²) in [6, 6.07) is 12.1. The highest BCUT2D eigenvalue weighted by atomic mass is 16.5. The molecule has 3 aliphatic heterocycles. The molecule has 2 saturated carbocycles. The van der Waals surface area contributed by atoms with Crippen molar-refractivity contribution in [2.75, 3.05) is 48.0 Å². The largest absolute Gasteiger partial charge is 0.508 e. The number of rotatable bonds is 13. The summed E-state index contributed by atoms with van der Waals surface area (Å²) in [4.78, 5) is 79.2. The Bertz CT molecular complexity index is 2730. The summed E-state index contributed by atoms with van der Waals surface area (Å²) in [6.45, 7) is 9.07. The van der Waals surface area contributed by atoms with Crippen LogP contribution in [0.15, 0.2) is 54.7 Å². The normalized spacial score (nSPS) is 23.7. The summed E-state index contributed by atoms with van der Waals surface area (Å²) >= 11 is 0. The quantitative estimate of drug-likeness (QED) is 0.0976. The molecule has 386 valence electrons. The molecule has 0 spiro atoms. The number of ether oxygens (including phenoxy) is 3. The highest BCUT2D eigenvalue weighted by Gasteiger charge is 2.63. The number of fused-ring (bicyclic) bond motifs is 6. The van der Waals surface area contributed by atoms with Crippen LogP contribution in [0.2, 0.25) is 0 Å². The average molecular weight is 989 g/mol. The summed E-state index contributed by atoms with van der Waals surface area (Å²) in [6.07, 6.45) is 7.92. The molecule has 4 fully saturated rings. The number of cyclic esters (lactones) is 1. The number of benzene rings is 2. The predicted molar refractivity (Wildman–Crippen MR) is 271 cm³/mol. The first kappa shape index (κ1) is 51.0. The van der Waals surface area contributed by atoms with E-state index >= 15 is 0 Å². The maximum atomic E-state index is 14.9. The van der Waals surface area contributed by atoms with Gasteiger partial charge in [-0.05, 0) is 123 Å². The van der Waals surface area contributed by atoms with Gasteiger partial charge in [-0.25, -0.2) is 5.43 Å². The number of nitrogens with one attached hydrogen (secondary N) is 3. The number of hydrogen-bond donors (Lipinski definition) is 4. The summed E-state index contributed by atoms with van der Waals surface area (Å²) in [5.41, 5.74) is 9.24. The van der Waals surface area contributed by atoms with Crippen molar-refractivity contribution in [3.05, 3.63) is 71.5 Å². The number of hydrogen-bond acceptors (Lipinski definition) is 12. The maximum absolute atomic E-state index is 14.9. The zero-order valence-electron chi connectivity index (χ0n) is 43.1. The van der Waals surface area contributed by atoms with Gasteiger partial charge in [0.1, 0.15) is 29.9 Å². The molecule has 0 radical (unpaired) electrons. The van der Waals surface area contributed by atoms with Crippen molar-refractivity contribution in [2.24, 2.45) is 11.3 Å². The van der Waals surface area contributed by atoms with Crippen LogP contribution in [0.1, 0.15) is 102 Å². The van der Waals surface area contributed by atoms with Gasteiger partial charge in [-0.3, -0.25) is 39.3 Å². The molecule has 0 unspecified atom stereocenters. The predicted octanol–water partition coefficient (Wildman–Crippen LogP) is 5.45. The van der Waals surface area contributed by atoms with E-state index in [0.29, 0.717) is 44.2 Å². The second kappa shape index (κ2) is 20.6. The van der Waals surface area contributed by atoms with Crippen molar-refractivity contribution in [3.63, 3.8) is 0 Å². The van der Waals surface area contributed by atoms with Gasteiger partial charge in [-0.2, -0.15) is 0 Å². The van der Waals surface area contributed by atoms with Crippen LogP contribution in [0.3, 0.4) is 0 Å². The van der Waals surface area contributed by atoms with Crippen LogP contribution in [0, 0.1) is 11.3 Å². The van der Waals surface area contributed by atoms with E-state index in [4.69, 9.17) is 19.2 Å². The van der Waals surface area contributed by atoms with Gasteiger partial charge in [0, 0.05) is 75.9 Å². The lowest BCUT2D eigenvalue weighted by Crippen LogP contribution is -2.62. The number of hydrazine groups is 1. The summed E-state index contributed by atoms with van der Waals surface area (Å²) in [5.74, 6) is -2.24. The molecular weight excluding hydrogens is 917 g/mol. The van der Waals surface area contributed by atoms with Gasteiger partial charge in [0.2, 0.25) is 17.7 Å². The van der Waals surface area contributed by atoms with Crippen molar-refractivity contribution in [2.45, 2.75) is 140 Å². The third-order valence-electron chi connectivity index (χ3n) is 15.9. The lowest BCUT2D eigenvalue weighted by Gasteiger charge is -2.37. The number of likely N-dealkylation sites (N-methyl/N-ethyl adjacent to an activating group) is 2. The molecule has 2 saturated heterocycles. The Kier molecular flexibility index (Phi) is 14.6. The fraction of sp³-hybridized carbons (Fsp3) is 0.564. The molecule has 2 aromatic carbocycles. The van der Waals surface area contributed by atoms with Gasteiger partial charge < -0.3 is 39.0 Å². The van der Waals surface area contributed by atoms with Gasteiger partial charge >= 0.3 is 5.97 Å². The van der Waals surface area contributed by atoms with Crippen molar-refractivity contribution < 1.29 is 43.3 Å². The Labute approximate surface area is 422 Å². The van der Waals surface area contributed by atoms with E-state index in [1.165, 1.54) is 14.8 Å². The van der Waals surface area contributed by atoms with Crippen LogP contribution in [-0.4, -0.2) is 143 Å². The van der Waals surface area contributed by atoms with E-state index in [1.54, 1.807) is 46.6 Å². The van der Waals surface area contributed by atoms with E-state index in [1.807, 2.05) is 25.1 Å². The minimum absolute atomic E-state index is 0.00905. The number of pyridine rings is 1. The van der Waals surface area contributed by atoms with Crippen LogP contribution in [0.4, 0.5) is 0 Å². The van der Waals surface area contributed by atoms with E-state index in [-0.39, 0.29) is 61.4 Å². The number of amides is 4. The molecule has 72 heavy (non-hydrogen) atoms. The lowest BCUT2D eigenvalue weighted by molar-refractivity contribution is -0.155. The topological polar surface area (TPSA) is 207 Å². The SMILES string of the molecule is CCn1c(-c2cccnc2[C@H](C)OC)c2c3cc(ccc31)-c1cc(O)cc(c1)C[C@H](NC(=O)[C@H](C1CCCC1)N(C)C(=O)CN(C)C(=O)[C@@H]1N[C@@H]1C1(OC)CC1)C(=O)N1CCC[C@H](N1)C(=O)OCC(C)(C)C2. The summed E-state index contributed by atoms with van der Waals surface area (Å²) < 4.78 is 20.0. The molecule has 17 nitrogen and oxygen atoms in total. The number of phenols is 1. The Balaban J connectivity index is 1.07. The molecule has 5 heterocycles. The fourth-order valence-corrected chi connectivity index (χ4v) is 11.7. The van der Waals surface area contributed by atoms with E-state index in [9.17, 15) is 29.1 Å². The fourth-order valence-electron chi connectivity index (χ4n) is 11.7. The molecule has 4 N–H and O–H groups in total. The molecule has 4 aromatic rings. The molecule has 4 amide bonds. The highest BCUT2D eigenvalue weighted by Crippen LogP contribution is 2.48. The molecule has 2 aromatic heterocycles. The first-order valence-corrected chi connectivity index (χ1v) is 25.8. The van der Waals surface area contributed by atoms with Gasteiger partial charge in [0.25, 0.3) is 5.91 Å². The van der Waals surface area contributed by atoms with Crippen LogP contribution >= 0.6 is 0 Å². The molecule has 5 aliphatic rings. The van der Waals surface area contributed by atoms with Crippen molar-refractivity contribution >= 4 is 40.5 Å².